The molecule has 0 amide bonds. The molecule has 1 atom stereocenters. The van der Waals surface area contributed by atoms with Crippen molar-refractivity contribution in [2.75, 3.05) is 0 Å². The van der Waals surface area contributed by atoms with Crippen LogP contribution in [0.2, 0.25) is 0 Å². The van der Waals surface area contributed by atoms with Crippen LogP contribution in [0.15, 0.2) is 42.0 Å². The Kier molecular flexibility index (Phi) is 4.39. The van der Waals surface area contributed by atoms with Crippen molar-refractivity contribution in [2.45, 2.75) is 26.1 Å². The Labute approximate surface area is 147 Å². The third-order valence-corrected chi connectivity index (χ3v) is 4.00. The molecule has 0 fully saturated rings. The number of benzene rings is 2. The first-order chi connectivity index (χ1) is 12.2. The first kappa shape index (κ1) is 17.8. The molecule has 0 aliphatic carbocycles. The molecule has 4 nitrogen and oxygen atoms in total. The fraction of sp³-hybridized carbons (Fsp3) is 0.211. The van der Waals surface area contributed by atoms with Crippen molar-refractivity contribution in [3.63, 3.8) is 0 Å². The second-order valence-corrected chi connectivity index (χ2v) is 5.97. The van der Waals surface area contributed by atoms with Gasteiger partial charge in [-0.05, 0) is 43.2 Å². The first-order valence-corrected chi connectivity index (χ1v) is 7.73. The zero-order valence-electron chi connectivity index (χ0n) is 13.9. The van der Waals surface area contributed by atoms with Crippen molar-refractivity contribution in [3.05, 3.63) is 58.7 Å². The van der Waals surface area contributed by atoms with E-state index in [-0.39, 0.29) is 11.3 Å². The Balaban J connectivity index is 1.98. The van der Waals surface area contributed by atoms with Gasteiger partial charge in [0.2, 0.25) is 6.10 Å². The molecular weight excluding hydrogens is 349 g/mol. The molecule has 1 unspecified atom stereocenters. The number of aliphatic carboxylic acids is 1. The summed E-state index contributed by atoms with van der Waals surface area (Å²) in [5.41, 5.74) is 1.15. The topological polar surface area (TPSA) is 55.8 Å². The third-order valence-electron chi connectivity index (χ3n) is 4.00. The highest BCUT2D eigenvalue weighted by Crippen LogP contribution is 2.40. The summed E-state index contributed by atoms with van der Waals surface area (Å²) < 4.78 is 50.2. The molecule has 1 N–H and O–H groups in total. The minimum Gasteiger partial charge on any atom is -0.478 e. The van der Waals surface area contributed by atoms with Crippen LogP contribution in [0.4, 0.5) is 13.2 Å². The number of hydrogen-bond acceptors (Lipinski definition) is 3. The number of carboxylic acid groups (broad SMARTS) is 1. The van der Waals surface area contributed by atoms with Gasteiger partial charge in [-0.25, -0.2) is 4.79 Å². The number of alkyl halides is 3. The summed E-state index contributed by atoms with van der Waals surface area (Å²) in [5.74, 6) is -0.846. The lowest BCUT2D eigenvalue weighted by atomic mass is 10.0. The van der Waals surface area contributed by atoms with E-state index in [0.717, 1.165) is 17.2 Å². The fourth-order valence-corrected chi connectivity index (χ4v) is 2.73. The Hall–Kier alpha value is -2.96. The highest BCUT2D eigenvalue weighted by atomic mass is 19.4. The van der Waals surface area contributed by atoms with Crippen molar-refractivity contribution in [3.8, 4) is 17.2 Å². The van der Waals surface area contributed by atoms with E-state index in [0.29, 0.717) is 11.5 Å². The van der Waals surface area contributed by atoms with Crippen LogP contribution in [0.5, 0.6) is 17.2 Å². The molecule has 3 rings (SSSR count). The number of fused-ring (bicyclic) bond motifs is 1. The highest BCUT2D eigenvalue weighted by molar-refractivity contribution is 5.95. The maximum absolute atomic E-state index is 13.1. The van der Waals surface area contributed by atoms with Crippen LogP contribution in [-0.4, -0.2) is 23.4 Å². The molecule has 1 aliphatic rings. The normalized spacial score (nSPS) is 16.3. The highest BCUT2D eigenvalue weighted by Gasteiger charge is 2.48. The lowest BCUT2D eigenvalue weighted by Gasteiger charge is -2.27. The molecule has 0 saturated heterocycles. The predicted octanol–water partition coefficient (Wildman–Crippen LogP) is 4.89. The zero-order valence-corrected chi connectivity index (χ0v) is 13.9. The van der Waals surface area contributed by atoms with Crippen molar-refractivity contribution >= 4 is 12.0 Å². The average Bonchev–Trinajstić information content (AvgIpc) is 2.56. The molecule has 136 valence electrons. The van der Waals surface area contributed by atoms with Crippen molar-refractivity contribution < 1.29 is 32.5 Å². The SMILES string of the molecule is Cc1cccc(C)c1Oc1ccc2c(c1)OC(C(F)(F)F)C(C(=O)O)=C2. The summed E-state index contributed by atoms with van der Waals surface area (Å²) in [7, 11) is 0. The fourth-order valence-electron chi connectivity index (χ4n) is 2.73. The Bertz CT molecular complexity index is 880. The van der Waals surface area contributed by atoms with E-state index in [1.807, 2.05) is 32.0 Å². The van der Waals surface area contributed by atoms with Crippen LogP contribution in [-0.2, 0) is 4.79 Å². The summed E-state index contributed by atoms with van der Waals surface area (Å²) in [4.78, 5) is 11.1. The molecule has 0 radical (unpaired) electrons. The number of para-hydroxylation sites is 1. The molecule has 1 aliphatic heterocycles. The van der Waals surface area contributed by atoms with Gasteiger partial charge in [-0.2, -0.15) is 13.2 Å². The first-order valence-electron chi connectivity index (χ1n) is 7.73. The molecule has 0 saturated carbocycles. The van der Waals surface area contributed by atoms with Crippen LogP contribution < -0.4 is 9.47 Å². The van der Waals surface area contributed by atoms with Crippen LogP contribution >= 0.6 is 0 Å². The summed E-state index contributed by atoms with van der Waals surface area (Å²) in [5, 5.41) is 9.04. The zero-order chi connectivity index (χ0) is 19.1. The third kappa shape index (κ3) is 3.37. The quantitative estimate of drug-likeness (QED) is 0.843. The smallest absolute Gasteiger partial charge is 0.430 e. The van der Waals surface area contributed by atoms with E-state index in [2.05, 4.69) is 0 Å². The molecule has 0 bridgehead atoms. The summed E-state index contributed by atoms with van der Waals surface area (Å²) in [6, 6.07) is 9.94. The molecule has 0 aromatic heterocycles. The lowest BCUT2D eigenvalue weighted by Crippen LogP contribution is -2.40. The number of hydrogen-bond donors (Lipinski definition) is 1. The van der Waals surface area contributed by atoms with Gasteiger partial charge < -0.3 is 14.6 Å². The predicted molar refractivity (Wildman–Crippen MR) is 88.5 cm³/mol. The van der Waals surface area contributed by atoms with Crippen LogP contribution in [0, 0.1) is 13.8 Å². The minimum absolute atomic E-state index is 0.0823. The van der Waals surface area contributed by atoms with Gasteiger partial charge in [0.05, 0.1) is 5.57 Å². The van der Waals surface area contributed by atoms with E-state index in [4.69, 9.17) is 14.6 Å². The van der Waals surface area contributed by atoms with Gasteiger partial charge in [0.1, 0.15) is 17.2 Å². The van der Waals surface area contributed by atoms with E-state index < -0.39 is 23.8 Å². The van der Waals surface area contributed by atoms with Gasteiger partial charge >= 0.3 is 12.1 Å². The van der Waals surface area contributed by atoms with E-state index in [1.54, 1.807) is 6.07 Å². The van der Waals surface area contributed by atoms with Crippen molar-refractivity contribution in [1.29, 1.82) is 0 Å². The summed E-state index contributed by atoms with van der Waals surface area (Å²) >= 11 is 0. The number of carbonyl (C=O) groups is 1. The van der Waals surface area contributed by atoms with Crippen LogP contribution in [0.25, 0.3) is 6.08 Å². The second-order valence-electron chi connectivity index (χ2n) is 5.97. The lowest BCUT2D eigenvalue weighted by molar-refractivity contribution is -0.187. The Morgan fingerprint density at radius 1 is 1.15 bits per heavy atom. The van der Waals surface area contributed by atoms with E-state index in [1.165, 1.54) is 12.1 Å². The largest absolute Gasteiger partial charge is 0.478 e. The molecule has 7 heteroatoms. The number of ether oxygens (including phenoxy) is 2. The van der Waals surface area contributed by atoms with Gasteiger partial charge in [0.25, 0.3) is 0 Å². The van der Waals surface area contributed by atoms with E-state index >= 15 is 0 Å². The van der Waals surface area contributed by atoms with Gasteiger partial charge in [0, 0.05) is 11.6 Å². The maximum Gasteiger partial charge on any atom is 0.430 e. The number of aryl methyl sites for hydroxylation is 2. The molecule has 0 spiro atoms. The number of carboxylic acids is 1. The van der Waals surface area contributed by atoms with Gasteiger partial charge in [0.15, 0.2) is 0 Å². The Morgan fingerprint density at radius 3 is 2.38 bits per heavy atom. The van der Waals surface area contributed by atoms with Gasteiger partial charge in [-0.3, -0.25) is 0 Å². The second kappa shape index (κ2) is 6.40. The van der Waals surface area contributed by atoms with Gasteiger partial charge in [-0.15, -0.1) is 0 Å². The maximum atomic E-state index is 13.1. The molecule has 1 heterocycles. The van der Waals surface area contributed by atoms with Crippen molar-refractivity contribution in [1.82, 2.24) is 0 Å². The monoisotopic (exact) mass is 364 g/mol. The van der Waals surface area contributed by atoms with Crippen molar-refractivity contribution in [2.24, 2.45) is 0 Å². The average molecular weight is 364 g/mol. The molecule has 2 aromatic rings. The molecular formula is C19H15F3O4. The number of rotatable bonds is 3. The van der Waals surface area contributed by atoms with Gasteiger partial charge in [-0.1, -0.05) is 18.2 Å². The molecule has 2 aromatic carbocycles. The van der Waals surface area contributed by atoms with E-state index in [9.17, 15) is 18.0 Å². The molecule has 26 heavy (non-hydrogen) atoms. The summed E-state index contributed by atoms with van der Waals surface area (Å²) in [6.07, 6.45) is -6.39. The van der Waals surface area contributed by atoms with Crippen LogP contribution in [0.3, 0.4) is 0 Å². The van der Waals surface area contributed by atoms with Crippen LogP contribution in [0.1, 0.15) is 16.7 Å². The minimum atomic E-state index is -4.84. The standard InChI is InChI=1S/C19H15F3O4/c1-10-4-3-5-11(2)16(10)25-13-7-6-12-8-14(18(23)24)17(19(20,21)22)26-15(12)9-13/h3-9,17H,1-2H3,(H,23,24). The Morgan fingerprint density at radius 2 is 1.81 bits per heavy atom. The number of halogens is 3. The summed E-state index contributed by atoms with van der Waals surface area (Å²) in [6.45, 7) is 3.72.